The number of hydrogen-bond acceptors (Lipinski definition) is 3. The Labute approximate surface area is 149 Å². The van der Waals surface area contributed by atoms with Crippen LogP contribution in [0.5, 0.6) is 0 Å². The third-order valence-electron chi connectivity index (χ3n) is 4.66. The maximum Gasteiger partial charge on any atom is 0.224 e. The average Bonchev–Trinajstić information content (AvgIpc) is 2.64. The molecular weight excluding hydrogens is 312 g/mol. The topological polar surface area (TPSA) is 41.6 Å². The number of nitrogens with one attached hydrogen (secondary N) is 1. The minimum Gasteiger partial charge on any atom is -0.378 e. The predicted octanol–water partition coefficient (Wildman–Crippen LogP) is 3.00. The van der Waals surface area contributed by atoms with E-state index in [9.17, 15) is 4.79 Å². The fourth-order valence-electron chi connectivity index (χ4n) is 3.07. The van der Waals surface area contributed by atoms with Gasteiger partial charge in [-0.25, -0.2) is 0 Å². The normalized spacial score (nSPS) is 14.4. The van der Waals surface area contributed by atoms with E-state index in [2.05, 4.69) is 59.6 Å². The number of rotatable bonds is 5. The molecule has 0 radical (unpaired) electrons. The second-order valence-electron chi connectivity index (χ2n) is 6.65. The summed E-state index contributed by atoms with van der Waals surface area (Å²) in [5.41, 5.74) is 5.78. The monoisotopic (exact) mass is 338 g/mol. The van der Waals surface area contributed by atoms with E-state index in [0.29, 0.717) is 13.0 Å². The van der Waals surface area contributed by atoms with Gasteiger partial charge in [0.25, 0.3) is 0 Å². The number of carbonyl (C=O) groups excluding carboxylic acids is 1. The third kappa shape index (κ3) is 4.83. The summed E-state index contributed by atoms with van der Waals surface area (Å²) in [6.45, 7) is 8.11. The van der Waals surface area contributed by atoms with Crippen molar-refractivity contribution in [2.75, 3.05) is 31.2 Å². The van der Waals surface area contributed by atoms with E-state index >= 15 is 0 Å². The molecule has 1 fully saturated rings. The first kappa shape index (κ1) is 17.5. The van der Waals surface area contributed by atoms with Crippen molar-refractivity contribution in [3.8, 4) is 0 Å². The maximum atomic E-state index is 12.2. The summed E-state index contributed by atoms with van der Waals surface area (Å²) < 4.78 is 5.39. The van der Waals surface area contributed by atoms with Gasteiger partial charge in [-0.15, -0.1) is 0 Å². The summed E-state index contributed by atoms with van der Waals surface area (Å²) in [5, 5.41) is 3.02. The molecule has 2 aromatic carbocycles. The Morgan fingerprint density at radius 2 is 1.80 bits per heavy atom. The van der Waals surface area contributed by atoms with Crippen molar-refractivity contribution in [3.63, 3.8) is 0 Å². The van der Waals surface area contributed by atoms with E-state index in [4.69, 9.17) is 4.74 Å². The van der Waals surface area contributed by atoms with Crippen molar-refractivity contribution in [1.82, 2.24) is 5.32 Å². The maximum absolute atomic E-state index is 12.2. The molecule has 25 heavy (non-hydrogen) atoms. The highest BCUT2D eigenvalue weighted by atomic mass is 16.5. The van der Waals surface area contributed by atoms with Gasteiger partial charge in [-0.1, -0.05) is 35.9 Å². The predicted molar refractivity (Wildman–Crippen MR) is 101 cm³/mol. The molecule has 4 heteroatoms. The van der Waals surface area contributed by atoms with E-state index in [1.54, 1.807) is 0 Å². The molecule has 2 aromatic rings. The van der Waals surface area contributed by atoms with E-state index in [1.807, 2.05) is 6.92 Å². The standard InChI is InChI=1S/C21H26N2O2/c1-16-3-4-17(2)19(13-16)14-21(24)22-15-18-5-7-20(8-6-18)23-9-11-25-12-10-23/h3-8,13H,9-12,14-15H2,1-2H3,(H,22,24). The van der Waals surface area contributed by atoms with Gasteiger partial charge in [0.1, 0.15) is 0 Å². The van der Waals surface area contributed by atoms with Crippen molar-refractivity contribution in [2.45, 2.75) is 26.8 Å². The molecule has 0 atom stereocenters. The highest BCUT2D eigenvalue weighted by Crippen LogP contribution is 2.17. The second kappa shape index (κ2) is 8.17. The van der Waals surface area contributed by atoms with Crippen molar-refractivity contribution in [1.29, 1.82) is 0 Å². The Bertz CT molecular complexity index is 719. The molecule has 1 N–H and O–H groups in total. The van der Waals surface area contributed by atoms with Crippen LogP contribution in [0.4, 0.5) is 5.69 Å². The molecule has 1 saturated heterocycles. The molecule has 1 aliphatic rings. The van der Waals surface area contributed by atoms with E-state index in [-0.39, 0.29) is 5.91 Å². The lowest BCUT2D eigenvalue weighted by molar-refractivity contribution is -0.120. The van der Waals surface area contributed by atoms with Crippen LogP contribution in [-0.2, 0) is 22.5 Å². The number of benzene rings is 2. The highest BCUT2D eigenvalue weighted by molar-refractivity contribution is 5.79. The molecule has 3 rings (SSSR count). The summed E-state index contributed by atoms with van der Waals surface area (Å²) in [7, 11) is 0. The number of anilines is 1. The minimum absolute atomic E-state index is 0.0611. The fraction of sp³-hybridized carbons (Fsp3) is 0.381. The van der Waals surface area contributed by atoms with Crippen LogP contribution in [0.3, 0.4) is 0 Å². The number of hydrogen-bond donors (Lipinski definition) is 1. The van der Waals surface area contributed by atoms with Crippen molar-refractivity contribution in [2.24, 2.45) is 0 Å². The zero-order valence-electron chi connectivity index (χ0n) is 15.0. The molecule has 0 aliphatic carbocycles. The minimum atomic E-state index is 0.0611. The number of carbonyl (C=O) groups is 1. The Kier molecular flexibility index (Phi) is 5.71. The fourth-order valence-corrected chi connectivity index (χ4v) is 3.07. The number of aryl methyl sites for hydroxylation is 2. The smallest absolute Gasteiger partial charge is 0.224 e. The molecule has 1 amide bonds. The van der Waals surface area contributed by atoms with Gasteiger partial charge >= 0.3 is 0 Å². The van der Waals surface area contributed by atoms with Crippen LogP contribution in [0.25, 0.3) is 0 Å². The first-order chi connectivity index (χ1) is 12.1. The summed E-state index contributed by atoms with van der Waals surface area (Å²) in [6.07, 6.45) is 0.430. The third-order valence-corrected chi connectivity index (χ3v) is 4.66. The summed E-state index contributed by atoms with van der Waals surface area (Å²) in [6, 6.07) is 14.7. The van der Waals surface area contributed by atoms with Crippen molar-refractivity contribution in [3.05, 3.63) is 64.7 Å². The van der Waals surface area contributed by atoms with Gasteiger partial charge in [0.05, 0.1) is 19.6 Å². The zero-order chi connectivity index (χ0) is 17.6. The first-order valence-corrected chi connectivity index (χ1v) is 8.86. The van der Waals surface area contributed by atoms with Crippen LogP contribution in [0, 0.1) is 13.8 Å². The van der Waals surface area contributed by atoms with Gasteiger partial charge in [0, 0.05) is 25.3 Å². The molecule has 0 saturated carbocycles. The number of ether oxygens (including phenoxy) is 1. The van der Waals surface area contributed by atoms with Gasteiger partial charge in [-0.3, -0.25) is 4.79 Å². The van der Waals surface area contributed by atoms with E-state index < -0.39 is 0 Å². The molecule has 0 aromatic heterocycles. The Hall–Kier alpha value is -2.33. The first-order valence-electron chi connectivity index (χ1n) is 8.86. The Morgan fingerprint density at radius 3 is 2.52 bits per heavy atom. The molecule has 1 aliphatic heterocycles. The molecule has 1 heterocycles. The van der Waals surface area contributed by atoms with Crippen LogP contribution < -0.4 is 10.2 Å². The van der Waals surface area contributed by atoms with Gasteiger partial charge in [0.2, 0.25) is 5.91 Å². The molecule has 0 spiro atoms. The average molecular weight is 338 g/mol. The lowest BCUT2D eigenvalue weighted by Gasteiger charge is -2.28. The summed E-state index contributed by atoms with van der Waals surface area (Å²) >= 11 is 0. The number of nitrogens with zero attached hydrogens (tertiary/aromatic N) is 1. The lowest BCUT2D eigenvalue weighted by atomic mass is 10.0. The van der Waals surface area contributed by atoms with Crippen LogP contribution in [-0.4, -0.2) is 32.2 Å². The number of amides is 1. The van der Waals surface area contributed by atoms with Crippen LogP contribution in [0.2, 0.25) is 0 Å². The Morgan fingerprint density at radius 1 is 1.08 bits per heavy atom. The lowest BCUT2D eigenvalue weighted by Crippen LogP contribution is -2.36. The van der Waals surface area contributed by atoms with Crippen molar-refractivity contribution < 1.29 is 9.53 Å². The summed E-state index contributed by atoms with van der Waals surface area (Å²) in [5.74, 6) is 0.0611. The van der Waals surface area contributed by atoms with E-state index in [0.717, 1.165) is 43.0 Å². The van der Waals surface area contributed by atoms with Gasteiger partial charge < -0.3 is 15.0 Å². The molecule has 4 nitrogen and oxygen atoms in total. The van der Waals surface area contributed by atoms with Crippen LogP contribution >= 0.6 is 0 Å². The molecule has 132 valence electrons. The van der Waals surface area contributed by atoms with Crippen LogP contribution in [0.15, 0.2) is 42.5 Å². The van der Waals surface area contributed by atoms with Crippen molar-refractivity contribution >= 4 is 11.6 Å². The van der Waals surface area contributed by atoms with Gasteiger partial charge in [0.15, 0.2) is 0 Å². The van der Waals surface area contributed by atoms with Gasteiger partial charge in [-0.05, 0) is 42.7 Å². The van der Waals surface area contributed by atoms with Crippen LogP contribution in [0.1, 0.15) is 22.3 Å². The molecule has 0 bridgehead atoms. The number of morpholine rings is 1. The second-order valence-corrected chi connectivity index (χ2v) is 6.65. The van der Waals surface area contributed by atoms with E-state index in [1.165, 1.54) is 11.3 Å². The SMILES string of the molecule is Cc1ccc(C)c(CC(=O)NCc2ccc(N3CCOCC3)cc2)c1. The summed E-state index contributed by atoms with van der Waals surface area (Å²) in [4.78, 5) is 14.6. The zero-order valence-corrected chi connectivity index (χ0v) is 15.0. The highest BCUT2D eigenvalue weighted by Gasteiger charge is 2.11. The van der Waals surface area contributed by atoms with Gasteiger partial charge in [-0.2, -0.15) is 0 Å². The molecule has 0 unspecified atom stereocenters. The molecular formula is C21H26N2O2. The Balaban J connectivity index is 1.52. The quantitative estimate of drug-likeness (QED) is 0.911. The largest absolute Gasteiger partial charge is 0.378 e.